The first-order chi connectivity index (χ1) is 12.7. The van der Waals surface area contributed by atoms with E-state index < -0.39 is 0 Å². The Morgan fingerprint density at radius 1 is 1.27 bits per heavy atom. The van der Waals surface area contributed by atoms with E-state index in [1.54, 1.807) is 12.4 Å². The first kappa shape index (κ1) is 16.7. The van der Waals surface area contributed by atoms with Crippen LogP contribution >= 0.6 is 0 Å². The van der Waals surface area contributed by atoms with E-state index in [1.807, 2.05) is 40.9 Å². The molecule has 1 saturated heterocycles. The smallest absolute Gasteiger partial charge is 0.255 e. The van der Waals surface area contributed by atoms with E-state index in [-0.39, 0.29) is 5.91 Å². The van der Waals surface area contributed by atoms with E-state index >= 15 is 0 Å². The second kappa shape index (κ2) is 7.25. The van der Waals surface area contributed by atoms with Crippen molar-refractivity contribution >= 4 is 16.9 Å². The molecule has 6 heteroatoms. The maximum Gasteiger partial charge on any atom is 0.255 e. The van der Waals surface area contributed by atoms with Gasteiger partial charge in [0.1, 0.15) is 0 Å². The molecular formula is C20H23N5O. The Morgan fingerprint density at radius 3 is 2.92 bits per heavy atom. The monoisotopic (exact) mass is 349 g/mol. The number of amides is 1. The first-order valence-corrected chi connectivity index (χ1v) is 9.06. The lowest BCUT2D eigenvalue weighted by Crippen LogP contribution is -2.46. The molecule has 1 aromatic carbocycles. The third-order valence-corrected chi connectivity index (χ3v) is 5.01. The lowest BCUT2D eigenvalue weighted by atomic mass is 10.0. The average Bonchev–Trinajstić information content (AvgIpc) is 3.10. The van der Waals surface area contributed by atoms with E-state index in [1.165, 1.54) is 5.56 Å². The van der Waals surface area contributed by atoms with E-state index in [0.717, 1.165) is 37.0 Å². The number of likely N-dealkylation sites (tertiary alicyclic amines) is 1. The van der Waals surface area contributed by atoms with Crippen LogP contribution < -0.4 is 5.32 Å². The molecular weight excluding hydrogens is 326 g/mol. The lowest BCUT2D eigenvalue weighted by Gasteiger charge is -2.32. The highest BCUT2D eigenvalue weighted by Crippen LogP contribution is 2.18. The molecule has 0 aliphatic carbocycles. The Bertz CT molecular complexity index is 905. The van der Waals surface area contributed by atoms with Crippen LogP contribution in [-0.2, 0) is 6.54 Å². The third-order valence-electron chi connectivity index (χ3n) is 5.01. The quantitative estimate of drug-likeness (QED) is 0.785. The summed E-state index contributed by atoms with van der Waals surface area (Å²) in [6, 6.07) is 12.4. The molecule has 1 fully saturated rings. The molecule has 0 spiro atoms. The fraction of sp³-hybridized carbons (Fsp3) is 0.350. The van der Waals surface area contributed by atoms with Crippen molar-refractivity contribution in [3.05, 3.63) is 59.9 Å². The van der Waals surface area contributed by atoms with Crippen molar-refractivity contribution in [2.75, 3.05) is 20.1 Å². The summed E-state index contributed by atoms with van der Waals surface area (Å²) < 4.78 is 1.87. The molecule has 3 aromatic rings. The van der Waals surface area contributed by atoms with Crippen LogP contribution in [0.1, 0.15) is 28.8 Å². The SMILES string of the molecule is CNC1CCCN(C(=O)c2cnc3c(cnn3Cc3ccccc3)c2)C1. The second-order valence-electron chi connectivity index (χ2n) is 6.80. The summed E-state index contributed by atoms with van der Waals surface area (Å²) in [6.07, 6.45) is 5.61. The number of aromatic nitrogens is 3. The zero-order valence-corrected chi connectivity index (χ0v) is 14.9. The molecule has 1 atom stereocenters. The Hall–Kier alpha value is -2.73. The van der Waals surface area contributed by atoms with E-state index in [4.69, 9.17) is 0 Å². The van der Waals surface area contributed by atoms with Gasteiger partial charge < -0.3 is 10.2 Å². The molecule has 2 aromatic heterocycles. The minimum atomic E-state index is 0.0511. The average molecular weight is 349 g/mol. The Kier molecular flexibility index (Phi) is 4.67. The number of pyridine rings is 1. The van der Waals surface area contributed by atoms with Crippen molar-refractivity contribution in [3.63, 3.8) is 0 Å². The normalized spacial score (nSPS) is 17.6. The highest BCUT2D eigenvalue weighted by molar-refractivity contribution is 5.96. The van der Waals surface area contributed by atoms with Crippen molar-refractivity contribution in [2.24, 2.45) is 0 Å². The van der Waals surface area contributed by atoms with Crippen LogP contribution in [0.5, 0.6) is 0 Å². The van der Waals surface area contributed by atoms with E-state index in [0.29, 0.717) is 18.2 Å². The highest BCUT2D eigenvalue weighted by Gasteiger charge is 2.24. The van der Waals surface area contributed by atoms with Gasteiger partial charge in [-0.15, -0.1) is 0 Å². The van der Waals surface area contributed by atoms with Crippen molar-refractivity contribution in [1.29, 1.82) is 0 Å². The van der Waals surface area contributed by atoms with Gasteiger partial charge in [-0.25, -0.2) is 9.67 Å². The summed E-state index contributed by atoms with van der Waals surface area (Å²) in [5, 5.41) is 8.62. The molecule has 6 nitrogen and oxygen atoms in total. The fourth-order valence-electron chi connectivity index (χ4n) is 3.54. The standard InChI is InChI=1S/C20H23N5O/c1-21-18-8-5-9-24(14-18)20(26)17-10-16-12-23-25(19(16)22-11-17)13-15-6-3-2-4-7-15/h2-4,6-7,10-12,18,21H,5,8-9,13-14H2,1H3. The summed E-state index contributed by atoms with van der Waals surface area (Å²) in [7, 11) is 1.95. The van der Waals surface area contributed by atoms with Gasteiger partial charge in [-0.05, 0) is 31.5 Å². The highest BCUT2D eigenvalue weighted by atomic mass is 16.2. The molecule has 3 heterocycles. The van der Waals surface area contributed by atoms with Gasteiger partial charge in [0.2, 0.25) is 0 Å². The zero-order valence-electron chi connectivity index (χ0n) is 14.9. The molecule has 26 heavy (non-hydrogen) atoms. The van der Waals surface area contributed by atoms with Crippen LogP contribution in [-0.4, -0.2) is 51.8 Å². The van der Waals surface area contributed by atoms with Crippen molar-refractivity contribution in [1.82, 2.24) is 25.0 Å². The molecule has 0 radical (unpaired) electrons. The third kappa shape index (κ3) is 3.32. The fourth-order valence-corrected chi connectivity index (χ4v) is 3.54. The van der Waals surface area contributed by atoms with Gasteiger partial charge in [0, 0.05) is 30.7 Å². The molecule has 1 aliphatic heterocycles. The minimum Gasteiger partial charge on any atom is -0.337 e. The predicted molar refractivity (Wildman–Crippen MR) is 101 cm³/mol. The molecule has 1 unspecified atom stereocenters. The lowest BCUT2D eigenvalue weighted by molar-refractivity contribution is 0.0698. The topological polar surface area (TPSA) is 63.1 Å². The van der Waals surface area contributed by atoms with Crippen LogP contribution in [0.4, 0.5) is 0 Å². The van der Waals surface area contributed by atoms with Crippen molar-refractivity contribution in [2.45, 2.75) is 25.4 Å². The molecule has 4 rings (SSSR count). The summed E-state index contributed by atoms with van der Waals surface area (Å²) >= 11 is 0. The number of hydrogen-bond donors (Lipinski definition) is 1. The number of fused-ring (bicyclic) bond motifs is 1. The maximum absolute atomic E-state index is 12.8. The summed E-state index contributed by atoms with van der Waals surface area (Å²) in [6.45, 7) is 2.23. The first-order valence-electron chi connectivity index (χ1n) is 9.06. The minimum absolute atomic E-state index is 0.0511. The van der Waals surface area contributed by atoms with Gasteiger partial charge in [0.15, 0.2) is 5.65 Å². The van der Waals surface area contributed by atoms with Gasteiger partial charge in [-0.1, -0.05) is 30.3 Å². The molecule has 1 amide bonds. The number of rotatable bonds is 4. The van der Waals surface area contributed by atoms with E-state index in [2.05, 4.69) is 27.5 Å². The van der Waals surface area contributed by atoms with Crippen LogP contribution in [0.15, 0.2) is 48.8 Å². The largest absolute Gasteiger partial charge is 0.337 e. The Labute approximate surface area is 152 Å². The van der Waals surface area contributed by atoms with Crippen LogP contribution in [0, 0.1) is 0 Å². The van der Waals surface area contributed by atoms with Crippen LogP contribution in [0.25, 0.3) is 11.0 Å². The van der Waals surface area contributed by atoms with Crippen LogP contribution in [0.2, 0.25) is 0 Å². The number of likely N-dealkylation sites (N-methyl/N-ethyl adjacent to an activating group) is 1. The maximum atomic E-state index is 12.8. The summed E-state index contributed by atoms with van der Waals surface area (Å²) in [5.74, 6) is 0.0511. The summed E-state index contributed by atoms with van der Waals surface area (Å²) in [4.78, 5) is 19.3. The number of carbonyl (C=O) groups is 1. The van der Waals surface area contributed by atoms with Crippen molar-refractivity contribution in [3.8, 4) is 0 Å². The van der Waals surface area contributed by atoms with Gasteiger partial charge in [-0.2, -0.15) is 5.10 Å². The predicted octanol–water partition coefficient (Wildman–Crippen LogP) is 2.30. The van der Waals surface area contributed by atoms with Gasteiger partial charge in [-0.3, -0.25) is 4.79 Å². The molecule has 0 bridgehead atoms. The summed E-state index contributed by atoms with van der Waals surface area (Å²) in [5.41, 5.74) is 2.61. The number of carbonyl (C=O) groups excluding carboxylic acids is 1. The molecule has 1 N–H and O–H groups in total. The Balaban J connectivity index is 1.55. The zero-order chi connectivity index (χ0) is 17.9. The second-order valence-corrected chi connectivity index (χ2v) is 6.80. The number of nitrogens with zero attached hydrogens (tertiary/aromatic N) is 4. The van der Waals surface area contributed by atoms with Crippen LogP contribution in [0.3, 0.4) is 0 Å². The van der Waals surface area contributed by atoms with Gasteiger partial charge in [0.05, 0.1) is 18.3 Å². The molecule has 134 valence electrons. The van der Waals surface area contributed by atoms with E-state index in [9.17, 15) is 4.79 Å². The number of hydrogen-bond acceptors (Lipinski definition) is 4. The number of piperidine rings is 1. The van der Waals surface area contributed by atoms with Gasteiger partial charge >= 0.3 is 0 Å². The Morgan fingerprint density at radius 2 is 2.12 bits per heavy atom. The van der Waals surface area contributed by atoms with Gasteiger partial charge in [0.25, 0.3) is 5.91 Å². The van der Waals surface area contributed by atoms with Crippen molar-refractivity contribution < 1.29 is 4.79 Å². The molecule has 0 saturated carbocycles. The molecule has 1 aliphatic rings. The number of nitrogens with one attached hydrogen (secondary N) is 1. The number of benzene rings is 1.